The highest BCUT2D eigenvalue weighted by atomic mass is 16.5. The first-order valence-corrected chi connectivity index (χ1v) is 4.80. The van der Waals surface area contributed by atoms with E-state index < -0.39 is 0 Å². The quantitative estimate of drug-likeness (QED) is 0.627. The Morgan fingerprint density at radius 1 is 1.56 bits per heavy atom. The maximum atomic E-state index is 11.1. The molecular weight excluding hydrogens is 212 g/mol. The van der Waals surface area contributed by atoms with Crippen molar-refractivity contribution in [3.8, 4) is 11.5 Å². The predicted molar refractivity (Wildman–Crippen MR) is 57.6 cm³/mol. The number of anilines is 2. The molecule has 1 aromatic rings. The molecule has 1 aromatic carbocycles. The van der Waals surface area contributed by atoms with Gasteiger partial charge in [-0.1, -0.05) is 0 Å². The molecule has 16 heavy (non-hydrogen) atoms. The maximum Gasteiger partial charge on any atom is 0.262 e. The zero-order valence-electron chi connectivity index (χ0n) is 8.53. The first-order valence-electron chi connectivity index (χ1n) is 4.80. The van der Waals surface area contributed by atoms with Crippen molar-refractivity contribution in [1.29, 1.82) is 0 Å². The minimum atomic E-state index is -0.217. The summed E-state index contributed by atoms with van der Waals surface area (Å²) in [5, 5.41) is 11.3. The number of hydrogen-bond donors (Lipinski definition) is 3. The fourth-order valence-corrected chi connectivity index (χ4v) is 1.40. The zero-order chi connectivity index (χ0) is 11.5. The van der Waals surface area contributed by atoms with Gasteiger partial charge in [0.1, 0.15) is 18.1 Å². The van der Waals surface area contributed by atoms with E-state index in [9.17, 15) is 4.79 Å². The van der Waals surface area contributed by atoms with E-state index >= 15 is 0 Å². The van der Waals surface area contributed by atoms with Crippen molar-refractivity contribution in [2.75, 3.05) is 30.9 Å². The molecule has 0 saturated carbocycles. The van der Waals surface area contributed by atoms with Crippen LogP contribution in [0.4, 0.5) is 11.4 Å². The fraction of sp³-hybridized carbons (Fsp3) is 0.300. The molecule has 0 bridgehead atoms. The molecule has 4 N–H and O–H groups in total. The van der Waals surface area contributed by atoms with Gasteiger partial charge < -0.3 is 25.6 Å². The largest absolute Gasteiger partial charge is 0.489 e. The number of nitrogens with one attached hydrogen (secondary N) is 1. The Labute approximate surface area is 92.0 Å². The summed E-state index contributed by atoms with van der Waals surface area (Å²) in [6.07, 6.45) is 0. The van der Waals surface area contributed by atoms with Crippen LogP contribution in [0.2, 0.25) is 0 Å². The third-order valence-corrected chi connectivity index (χ3v) is 2.09. The lowest BCUT2D eigenvalue weighted by atomic mass is 10.2. The Bertz CT molecular complexity index is 420. The number of ether oxygens (including phenoxy) is 2. The minimum absolute atomic E-state index is 0.0106. The smallest absolute Gasteiger partial charge is 0.262 e. The molecule has 0 fully saturated rings. The van der Waals surface area contributed by atoms with Gasteiger partial charge in [0.2, 0.25) is 0 Å². The van der Waals surface area contributed by atoms with Crippen LogP contribution in [0.25, 0.3) is 0 Å². The number of nitrogen functional groups attached to an aromatic ring is 1. The van der Waals surface area contributed by atoms with Crippen LogP contribution >= 0.6 is 0 Å². The van der Waals surface area contributed by atoms with Crippen molar-refractivity contribution in [3.05, 3.63) is 12.1 Å². The SMILES string of the molecule is Nc1cc2c(cc1OCCO)NC(=O)CO2. The van der Waals surface area contributed by atoms with Gasteiger partial charge in [0.15, 0.2) is 6.61 Å². The Hall–Kier alpha value is -1.95. The summed E-state index contributed by atoms with van der Waals surface area (Å²) in [4.78, 5) is 11.1. The van der Waals surface area contributed by atoms with Crippen LogP contribution in [0.3, 0.4) is 0 Å². The van der Waals surface area contributed by atoms with E-state index in [-0.39, 0.29) is 25.7 Å². The number of rotatable bonds is 3. The van der Waals surface area contributed by atoms with Crippen molar-refractivity contribution >= 4 is 17.3 Å². The predicted octanol–water partition coefficient (Wildman–Crippen LogP) is -0.0292. The van der Waals surface area contributed by atoms with Crippen LogP contribution in [-0.2, 0) is 4.79 Å². The first-order chi connectivity index (χ1) is 7.70. The van der Waals surface area contributed by atoms with Gasteiger partial charge in [0.05, 0.1) is 18.0 Å². The molecule has 6 heteroatoms. The summed E-state index contributed by atoms with van der Waals surface area (Å²) < 4.78 is 10.4. The lowest BCUT2D eigenvalue weighted by molar-refractivity contribution is -0.118. The monoisotopic (exact) mass is 224 g/mol. The highest BCUT2D eigenvalue weighted by molar-refractivity contribution is 5.96. The molecule has 0 aliphatic carbocycles. The average Bonchev–Trinajstić information content (AvgIpc) is 2.27. The lowest BCUT2D eigenvalue weighted by Crippen LogP contribution is -2.25. The first kappa shape index (κ1) is 10.6. The summed E-state index contributed by atoms with van der Waals surface area (Å²) in [6, 6.07) is 3.17. The van der Waals surface area contributed by atoms with Gasteiger partial charge in [-0.2, -0.15) is 0 Å². The normalized spacial score (nSPS) is 13.7. The van der Waals surface area contributed by atoms with Gasteiger partial charge in [-0.15, -0.1) is 0 Å². The number of fused-ring (bicyclic) bond motifs is 1. The Kier molecular flexibility index (Phi) is 2.82. The van der Waals surface area contributed by atoms with Gasteiger partial charge in [0, 0.05) is 12.1 Å². The van der Waals surface area contributed by atoms with Crippen LogP contribution < -0.4 is 20.5 Å². The summed E-state index contributed by atoms with van der Waals surface area (Å²) in [5.74, 6) is 0.720. The molecule has 1 aliphatic heterocycles. The number of carbonyl (C=O) groups excluding carboxylic acids is 1. The molecule has 6 nitrogen and oxygen atoms in total. The topological polar surface area (TPSA) is 93.8 Å². The van der Waals surface area contributed by atoms with Crippen molar-refractivity contribution in [2.24, 2.45) is 0 Å². The van der Waals surface area contributed by atoms with E-state index in [0.29, 0.717) is 22.9 Å². The average molecular weight is 224 g/mol. The van der Waals surface area contributed by atoms with Gasteiger partial charge >= 0.3 is 0 Å². The molecule has 1 amide bonds. The number of aliphatic hydroxyl groups is 1. The molecule has 2 rings (SSSR count). The third-order valence-electron chi connectivity index (χ3n) is 2.09. The highest BCUT2D eigenvalue weighted by Crippen LogP contribution is 2.36. The van der Waals surface area contributed by atoms with Crippen molar-refractivity contribution in [3.63, 3.8) is 0 Å². The van der Waals surface area contributed by atoms with Gasteiger partial charge in [-0.05, 0) is 0 Å². The second-order valence-electron chi connectivity index (χ2n) is 3.30. The molecule has 0 saturated heterocycles. The standard InChI is InChI=1S/C10H12N2O4/c11-6-3-9-7(12-10(14)5-16-9)4-8(6)15-2-1-13/h3-4,13H,1-2,5,11H2,(H,12,14). The second-order valence-corrected chi connectivity index (χ2v) is 3.30. The van der Waals surface area contributed by atoms with Crippen molar-refractivity contribution < 1.29 is 19.4 Å². The summed E-state index contributed by atoms with van der Waals surface area (Å²) in [7, 11) is 0. The number of nitrogens with two attached hydrogens (primary N) is 1. The number of amides is 1. The second kappa shape index (κ2) is 4.28. The van der Waals surface area contributed by atoms with E-state index in [1.165, 1.54) is 0 Å². The van der Waals surface area contributed by atoms with E-state index in [2.05, 4.69) is 5.32 Å². The molecule has 0 aromatic heterocycles. The lowest BCUT2D eigenvalue weighted by Gasteiger charge is -2.19. The number of benzene rings is 1. The molecule has 0 atom stereocenters. The molecule has 1 aliphatic rings. The van der Waals surface area contributed by atoms with Crippen LogP contribution in [0.15, 0.2) is 12.1 Å². The fourth-order valence-electron chi connectivity index (χ4n) is 1.40. The molecule has 0 radical (unpaired) electrons. The van der Waals surface area contributed by atoms with Crippen LogP contribution in [0.1, 0.15) is 0 Å². The Morgan fingerprint density at radius 3 is 3.12 bits per heavy atom. The molecule has 0 unspecified atom stereocenters. The highest BCUT2D eigenvalue weighted by Gasteiger charge is 2.18. The molecular formula is C10H12N2O4. The Balaban J connectivity index is 2.27. The third kappa shape index (κ3) is 2.01. The van der Waals surface area contributed by atoms with E-state index in [1.54, 1.807) is 12.1 Å². The summed E-state index contributed by atoms with van der Waals surface area (Å²) in [6.45, 7) is 0.0421. The van der Waals surface area contributed by atoms with Crippen molar-refractivity contribution in [2.45, 2.75) is 0 Å². The van der Waals surface area contributed by atoms with E-state index in [1.807, 2.05) is 0 Å². The van der Waals surface area contributed by atoms with Crippen LogP contribution in [0.5, 0.6) is 11.5 Å². The molecule has 0 spiro atoms. The molecule has 86 valence electrons. The summed E-state index contributed by atoms with van der Waals surface area (Å²) in [5.41, 5.74) is 6.65. The van der Waals surface area contributed by atoms with E-state index in [4.69, 9.17) is 20.3 Å². The number of carbonyl (C=O) groups is 1. The summed E-state index contributed by atoms with van der Waals surface area (Å²) >= 11 is 0. The number of hydrogen-bond acceptors (Lipinski definition) is 5. The maximum absolute atomic E-state index is 11.1. The van der Waals surface area contributed by atoms with Crippen LogP contribution in [0, 0.1) is 0 Å². The molecule has 1 heterocycles. The van der Waals surface area contributed by atoms with Gasteiger partial charge in [-0.25, -0.2) is 0 Å². The van der Waals surface area contributed by atoms with E-state index in [0.717, 1.165) is 0 Å². The Morgan fingerprint density at radius 2 is 2.38 bits per heavy atom. The zero-order valence-corrected chi connectivity index (χ0v) is 8.53. The van der Waals surface area contributed by atoms with Gasteiger partial charge in [-0.3, -0.25) is 4.79 Å². The van der Waals surface area contributed by atoms with Crippen molar-refractivity contribution in [1.82, 2.24) is 0 Å². The number of aliphatic hydroxyl groups excluding tert-OH is 1. The van der Waals surface area contributed by atoms with Crippen LogP contribution in [-0.4, -0.2) is 30.8 Å². The minimum Gasteiger partial charge on any atom is -0.489 e. The van der Waals surface area contributed by atoms with Gasteiger partial charge in [0.25, 0.3) is 5.91 Å².